The Morgan fingerprint density at radius 1 is 0.897 bits per heavy atom. The molecular formula is C23H16ClN3O2. The summed E-state index contributed by atoms with van der Waals surface area (Å²) in [4.78, 5) is 4.54. The Balaban J connectivity index is 1.33. The third-order valence-corrected chi connectivity index (χ3v) is 4.87. The molecule has 4 aromatic rings. The van der Waals surface area contributed by atoms with Crippen LogP contribution in [0.15, 0.2) is 77.8 Å². The van der Waals surface area contributed by atoms with E-state index in [0.717, 1.165) is 45.3 Å². The molecule has 0 saturated carbocycles. The summed E-state index contributed by atoms with van der Waals surface area (Å²) in [6.45, 7) is 0.268. The van der Waals surface area contributed by atoms with Gasteiger partial charge in [0.15, 0.2) is 11.5 Å². The van der Waals surface area contributed by atoms with E-state index < -0.39 is 0 Å². The molecular weight excluding hydrogens is 386 g/mol. The lowest BCUT2D eigenvalue weighted by atomic mass is 10.1. The number of fused-ring (bicyclic) bond motifs is 1. The summed E-state index contributed by atoms with van der Waals surface area (Å²) in [5.74, 6) is 1.52. The number of halogens is 1. The highest BCUT2D eigenvalue weighted by Gasteiger charge is 2.12. The van der Waals surface area contributed by atoms with Gasteiger partial charge < -0.3 is 9.47 Å². The first-order chi connectivity index (χ1) is 14.2. The maximum Gasteiger partial charge on any atom is 0.231 e. The molecule has 0 radical (unpaired) electrons. The Morgan fingerprint density at radius 2 is 1.76 bits per heavy atom. The summed E-state index contributed by atoms with van der Waals surface area (Å²) in [5.41, 5.74) is 5.62. The first-order valence-corrected chi connectivity index (χ1v) is 9.48. The molecule has 5 nitrogen and oxygen atoms in total. The SMILES string of the molecule is Clc1cccc(-c2cc(-c3ccc(N=Cc4ccc5c(c4)OCO5)cc3)[nH]n2)c1. The monoisotopic (exact) mass is 401 g/mol. The van der Waals surface area contributed by atoms with Crippen molar-refractivity contribution in [1.29, 1.82) is 0 Å². The second kappa shape index (κ2) is 7.45. The summed E-state index contributed by atoms with van der Waals surface area (Å²) in [6.07, 6.45) is 1.81. The Kier molecular flexibility index (Phi) is 4.50. The minimum atomic E-state index is 0.268. The standard InChI is InChI=1S/C23H16ClN3O2/c24-18-3-1-2-17(11-18)21-12-20(26-27-21)16-5-7-19(8-6-16)25-13-15-4-9-22-23(10-15)29-14-28-22/h1-13H,14H2,(H,26,27). The minimum Gasteiger partial charge on any atom is -0.454 e. The van der Waals surface area contributed by atoms with Crippen LogP contribution in [0.1, 0.15) is 5.56 Å². The van der Waals surface area contributed by atoms with Gasteiger partial charge in [0.25, 0.3) is 0 Å². The topological polar surface area (TPSA) is 59.5 Å². The van der Waals surface area contributed by atoms with Gasteiger partial charge in [-0.3, -0.25) is 10.1 Å². The molecule has 0 bridgehead atoms. The molecule has 0 amide bonds. The van der Waals surface area contributed by atoms with Crippen LogP contribution in [0.2, 0.25) is 5.02 Å². The average Bonchev–Trinajstić information content (AvgIpc) is 3.42. The van der Waals surface area contributed by atoms with Crippen molar-refractivity contribution in [1.82, 2.24) is 10.2 Å². The van der Waals surface area contributed by atoms with Crippen molar-refractivity contribution in [2.75, 3.05) is 6.79 Å². The molecule has 1 aliphatic heterocycles. The van der Waals surface area contributed by atoms with E-state index in [-0.39, 0.29) is 6.79 Å². The summed E-state index contributed by atoms with van der Waals surface area (Å²) < 4.78 is 10.7. The van der Waals surface area contributed by atoms with E-state index in [1.165, 1.54) is 0 Å². The smallest absolute Gasteiger partial charge is 0.231 e. The lowest BCUT2D eigenvalue weighted by Crippen LogP contribution is -1.92. The second-order valence-electron chi connectivity index (χ2n) is 6.59. The number of hydrogen-bond acceptors (Lipinski definition) is 4. The maximum absolute atomic E-state index is 6.07. The Morgan fingerprint density at radius 3 is 2.62 bits per heavy atom. The van der Waals surface area contributed by atoms with Crippen molar-refractivity contribution in [3.63, 3.8) is 0 Å². The molecule has 142 valence electrons. The van der Waals surface area contributed by atoms with Crippen LogP contribution < -0.4 is 9.47 Å². The van der Waals surface area contributed by atoms with Gasteiger partial charge in [0.05, 0.1) is 17.1 Å². The maximum atomic E-state index is 6.07. The van der Waals surface area contributed by atoms with Gasteiger partial charge in [-0.15, -0.1) is 0 Å². The van der Waals surface area contributed by atoms with Crippen LogP contribution in [-0.2, 0) is 0 Å². The molecule has 1 aliphatic rings. The number of nitrogens with zero attached hydrogens (tertiary/aromatic N) is 2. The van der Waals surface area contributed by atoms with Crippen LogP contribution in [0.25, 0.3) is 22.5 Å². The molecule has 2 heterocycles. The number of aliphatic imine (C=N–C) groups is 1. The van der Waals surface area contributed by atoms with Crippen LogP contribution in [0.5, 0.6) is 11.5 Å². The van der Waals surface area contributed by atoms with Crippen LogP contribution in [-0.4, -0.2) is 23.2 Å². The van der Waals surface area contributed by atoms with Gasteiger partial charge in [0, 0.05) is 16.8 Å². The number of nitrogens with one attached hydrogen (secondary N) is 1. The normalized spacial score (nSPS) is 12.6. The molecule has 0 spiro atoms. The summed E-state index contributed by atoms with van der Waals surface area (Å²) in [5, 5.41) is 8.17. The number of aromatic nitrogens is 2. The van der Waals surface area contributed by atoms with Crippen LogP contribution in [0.4, 0.5) is 5.69 Å². The minimum absolute atomic E-state index is 0.268. The number of rotatable bonds is 4. The van der Waals surface area contributed by atoms with Crippen molar-refractivity contribution < 1.29 is 9.47 Å². The van der Waals surface area contributed by atoms with Crippen molar-refractivity contribution >= 4 is 23.5 Å². The zero-order chi connectivity index (χ0) is 19.6. The van der Waals surface area contributed by atoms with Gasteiger partial charge in [0.1, 0.15) is 0 Å². The predicted molar refractivity (Wildman–Crippen MR) is 114 cm³/mol. The van der Waals surface area contributed by atoms with E-state index in [1.54, 1.807) is 0 Å². The fourth-order valence-corrected chi connectivity index (χ4v) is 3.33. The molecule has 0 atom stereocenters. The first kappa shape index (κ1) is 17.5. The van der Waals surface area contributed by atoms with Crippen molar-refractivity contribution in [3.05, 3.63) is 83.4 Å². The van der Waals surface area contributed by atoms with Crippen LogP contribution in [0.3, 0.4) is 0 Å². The van der Waals surface area contributed by atoms with E-state index >= 15 is 0 Å². The van der Waals surface area contributed by atoms with E-state index in [0.29, 0.717) is 5.02 Å². The number of aromatic amines is 1. The molecule has 3 aromatic carbocycles. The Bertz CT molecular complexity index is 1200. The lowest BCUT2D eigenvalue weighted by molar-refractivity contribution is 0.174. The largest absolute Gasteiger partial charge is 0.454 e. The molecule has 0 unspecified atom stereocenters. The summed E-state index contributed by atoms with van der Waals surface area (Å²) >= 11 is 6.07. The Hall–Kier alpha value is -3.57. The highest BCUT2D eigenvalue weighted by atomic mass is 35.5. The van der Waals surface area contributed by atoms with E-state index in [9.17, 15) is 0 Å². The van der Waals surface area contributed by atoms with Gasteiger partial charge >= 0.3 is 0 Å². The molecule has 5 rings (SSSR count). The lowest BCUT2D eigenvalue weighted by Gasteiger charge is -2.00. The fourth-order valence-electron chi connectivity index (χ4n) is 3.13. The average molecular weight is 402 g/mol. The van der Waals surface area contributed by atoms with E-state index in [2.05, 4.69) is 15.2 Å². The quantitative estimate of drug-likeness (QED) is 0.434. The summed E-state index contributed by atoms with van der Waals surface area (Å²) in [7, 11) is 0. The third-order valence-electron chi connectivity index (χ3n) is 4.64. The van der Waals surface area contributed by atoms with Gasteiger partial charge in [-0.25, -0.2) is 0 Å². The second-order valence-corrected chi connectivity index (χ2v) is 7.03. The van der Waals surface area contributed by atoms with Crippen molar-refractivity contribution in [3.8, 4) is 34.0 Å². The Labute approximate surface area is 172 Å². The molecule has 6 heteroatoms. The molecule has 1 aromatic heterocycles. The van der Waals surface area contributed by atoms with Crippen molar-refractivity contribution in [2.45, 2.75) is 0 Å². The van der Waals surface area contributed by atoms with Gasteiger partial charge in [-0.1, -0.05) is 35.9 Å². The van der Waals surface area contributed by atoms with Gasteiger partial charge in [-0.05, 0) is 59.7 Å². The number of H-pyrrole nitrogens is 1. The van der Waals surface area contributed by atoms with E-state index in [1.807, 2.05) is 79.0 Å². The highest BCUT2D eigenvalue weighted by molar-refractivity contribution is 6.30. The third kappa shape index (κ3) is 3.73. The molecule has 0 saturated heterocycles. The predicted octanol–water partition coefficient (Wildman–Crippen LogP) is 5.88. The summed E-state index contributed by atoms with van der Waals surface area (Å²) in [6, 6.07) is 23.4. The van der Waals surface area contributed by atoms with Crippen LogP contribution >= 0.6 is 11.6 Å². The zero-order valence-electron chi connectivity index (χ0n) is 15.3. The number of hydrogen-bond donors (Lipinski definition) is 1. The van der Waals surface area contributed by atoms with E-state index in [4.69, 9.17) is 21.1 Å². The zero-order valence-corrected chi connectivity index (χ0v) is 16.1. The number of benzene rings is 3. The first-order valence-electron chi connectivity index (χ1n) is 9.10. The fraction of sp³-hybridized carbons (Fsp3) is 0.0435. The highest BCUT2D eigenvalue weighted by Crippen LogP contribution is 2.32. The van der Waals surface area contributed by atoms with Crippen molar-refractivity contribution in [2.24, 2.45) is 4.99 Å². The molecule has 0 fully saturated rings. The molecule has 0 aliphatic carbocycles. The van der Waals surface area contributed by atoms with Gasteiger partial charge in [-0.2, -0.15) is 5.10 Å². The molecule has 29 heavy (non-hydrogen) atoms. The van der Waals surface area contributed by atoms with Crippen LogP contribution in [0, 0.1) is 0 Å². The molecule has 1 N–H and O–H groups in total. The van der Waals surface area contributed by atoms with Gasteiger partial charge in [0.2, 0.25) is 6.79 Å². The number of ether oxygens (including phenoxy) is 2.